The van der Waals surface area contributed by atoms with Gasteiger partial charge >= 0.3 is 0 Å². The maximum Gasteiger partial charge on any atom is 0.246 e. The van der Waals surface area contributed by atoms with Crippen LogP contribution >= 0.6 is 0 Å². The fourth-order valence-corrected chi connectivity index (χ4v) is 3.41. The van der Waals surface area contributed by atoms with Gasteiger partial charge in [0.15, 0.2) is 0 Å². The predicted molar refractivity (Wildman–Crippen MR) is 106 cm³/mol. The highest BCUT2D eigenvalue weighted by Gasteiger charge is 2.23. The Labute approximate surface area is 163 Å². The van der Waals surface area contributed by atoms with Gasteiger partial charge < -0.3 is 19.5 Å². The van der Waals surface area contributed by atoms with Crippen LogP contribution in [0, 0.1) is 6.92 Å². The second kappa shape index (κ2) is 7.72. The Morgan fingerprint density at radius 2 is 2.11 bits per heavy atom. The minimum atomic E-state index is 0.193. The molecule has 1 aromatic heterocycles. The number of methoxy groups -OCH3 is 1. The number of hydrogen-bond donors (Lipinski definition) is 1. The van der Waals surface area contributed by atoms with Gasteiger partial charge in [-0.15, -0.1) is 0 Å². The zero-order chi connectivity index (χ0) is 19.5. The molecule has 1 aliphatic rings. The smallest absolute Gasteiger partial charge is 0.246 e. The number of carbonyl (C=O) groups is 1. The SMILES string of the molecule is COc1ccccc1-c1noc(CNc2ccc(N3CCCC3=O)c(C)c2)n1. The Balaban J connectivity index is 1.45. The fraction of sp³-hybridized carbons (Fsp3) is 0.286. The molecule has 0 spiro atoms. The van der Waals surface area contributed by atoms with Gasteiger partial charge in [0.1, 0.15) is 5.75 Å². The van der Waals surface area contributed by atoms with Crippen molar-refractivity contribution < 1.29 is 14.1 Å². The second-order valence-corrected chi connectivity index (χ2v) is 6.72. The normalized spacial score (nSPS) is 13.8. The van der Waals surface area contributed by atoms with Gasteiger partial charge in [-0.1, -0.05) is 17.3 Å². The molecule has 28 heavy (non-hydrogen) atoms. The van der Waals surface area contributed by atoms with E-state index in [0.29, 0.717) is 30.4 Å². The van der Waals surface area contributed by atoms with E-state index in [1.165, 1.54) is 0 Å². The van der Waals surface area contributed by atoms with Gasteiger partial charge in [-0.05, 0) is 49.2 Å². The van der Waals surface area contributed by atoms with Crippen molar-refractivity contribution in [1.82, 2.24) is 10.1 Å². The second-order valence-electron chi connectivity index (χ2n) is 6.72. The van der Waals surface area contributed by atoms with E-state index in [1.54, 1.807) is 7.11 Å². The van der Waals surface area contributed by atoms with Crippen LogP contribution in [0.1, 0.15) is 24.3 Å². The van der Waals surface area contributed by atoms with Crippen LogP contribution in [-0.4, -0.2) is 29.7 Å². The maximum atomic E-state index is 12.0. The third-order valence-electron chi connectivity index (χ3n) is 4.82. The van der Waals surface area contributed by atoms with Crippen LogP contribution in [0.25, 0.3) is 11.4 Å². The summed E-state index contributed by atoms with van der Waals surface area (Å²) in [6.45, 7) is 3.21. The molecule has 7 heteroatoms. The number of nitrogens with one attached hydrogen (secondary N) is 1. The number of nitrogens with zero attached hydrogens (tertiary/aromatic N) is 3. The van der Waals surface area contributed by atoms with Gasteiger partial charge in [-0.3, -0.25) is 4.79 Å². The van der Waals surface area contributed by atoms with E-state index < -0.39 is 0 Å². The third-order valence-corrected chi connectivity index (χ3v) is 4.82. The molecule has 0 saturated carbocycles. The summed E-state index contributed by atoms with van der Waals surface area (Å²) in [6, 6.07) is 13.5. The van der Waals surface area contributed by atoms with E-state index >= 15 is 0 Å². The van der Waals surface area contributed by atoms with Gasteiger partial charge in [0.2, 0.25) is 17.6 Å². The number of amides is 1. The highest BCUT2D eigenvalue weighted by atomic mass is 16.5. The molecule has 1 aliphatic heterocycles. The Hall–Kier alpha value is -3.35. The van der Waals surface area contributed by atoms with Crippen molar-refractivity contribution in [1.29, 1.82) is 0 Å². The van der Waals surface area contributed by atoms with E-state index in [0.717, 1.165) is 35.5 Å². The molecule has 0 unspecified atom stereocenters. The van der Waals surface area contributed by atoms with Crippen molar-refractivity contribution in [3.8, 4) is 17.1 Å². The first-order valence-corrected chi connectivity index (χ1v) is 9.26. The summed E-state index contributed by atoms with van der Waals surface area (Å²) in [6.07, 6.45) is 1.55. The van der Waals surface area contributed by atoms with Crippen LogP contribution < -0.4 is 15.0 Å². The summed E-state index contributed by atoms with van der Waals surface area (Å²) in [7, 11) is 1.61. The highest BCUT2D eigenvalue weighted by Crippen LogP contribution is 2.29. The molecule has 7 nitrogen and oxygen atoms in total. The lowest BCUT2D eigenvalue weighted by molar-refractivity contribution is -0.117. The van der Waals surface area contributed by atoms with Gasteiger partial charge in [0.25, 0.3) is 0 Å². The summed E-state index contributed by atoms with van der Waals surface area (Å²) in [5.74, 6) is 1.87. The molecule has 0 radical (unpaired) electrons. The van der Waals surface area contributed by atoms with Crippen molar-refractivity contribution in [2.75, 3.05) is 23.9 Å². The summed E-state index contributed by atoms with van der Waals surface area (Å²) in [4.78, 5) is 18.3. The first kappa shape index (κ1) is 18.0. The molecule has 144 valence electrons. The Morgan fingerprint density at radius 3 is 2.86 bits per heavy atom. The average molecular weight is 378 g/mol. The first-order valence-electron chi connectivity index (χ1n) is 9.26. The Kier molecular flexibility index (Phi) is 4.97. The number of aryl methyl sites for hydroxylation is 1. The van der Waals surface area contributed by atoms with Gasteiger partial charge in [-0.2, -0.15) is 4.98 Å². The van der Waals surface area contributed by atoms with E-state index in [2.05, 4.69) is 15.5 Å². The molecule has 0 aliphatic carbocycles. The van der Waals surface area contributed by atoms with E-state index in [4.69, 9.17) is 9.26 Å². The number of carbonyl (C=O) groups excluding carboxylic acids is 1. The topological polar surface area (TPSA) is 80.5 Å². The minimum absolute atomic E-state index is 0.193. The van der Waals surface area contributed by atoms with Crippen LogP contribution in [-0.2, 0) is 11.3 Å². The predicted octanol–water partition coefficient (Wildman–Crippen LogP) is 3.79. The molecule has 1 saturated heterocycles. The molecule has 1 amide bonds. The lowest BCUT2D eigenvalue weighted by Crippen LogP contribution is -2.24. The average Bonchev–Trinajstić information content (AvgIpc) is 3.35. The fourth-order valence-electron chi connectivity index (χ4n) is 3.41. The standard InChI is InChI=1S/C21H22N4O3/c1-14-12-15(9-10-17(14)25-11-5-8-20(25)26)22-13-19-23-21(24-28-19)16-6-3-4-7-18(16)27-2/h3-4,6-7,9-10,12,22H,5,8,11,13H2,1-2H3. The number of aromatic nitrogens is 2. The first-order chi connectivity index (χ1) is 13.7. The van der Waals surface area contributed by atoms with Crippen molar-refractivity contribution >= 4 is 17.3 Å². The number of ether oxygens (including phenoxy) is 1. The molecule has 1 fully saturated rings. The lowest BCUT2D eigenvalue weighted by Gasteiger charge is -2.19. The maximum absolute atomic E-state index is 12.0. The van der Waals surface area contributed by atoms with E-state index in [-0.39, 0.29) is 5.91 Å². The minimum Gasteiger partial charge on any atom is -0.496 e. The molecule has 4 rings (SSSR count). The van der Waals surface area contributed by atoms with Gasteiger partial charge in [0.05, 0.1) is 19.2 Å². The quantitative estimate of drug-likeness (QED) is 0.703. The van der Waals surface area contributed by atoms with Crippen LogP contribution in [0.5, 0.6) is 5.75 Å². The van der Waals surface area contributed by atoms with Gasteiger partial charge in [-0.25, -0.2) is 0 Å². The Morgan fingerprint density at radius 1 is 1.25 bits per heavy atom. The molecule has 2 heterocycles. The van der Waals surface area contributed by atoms with Crippen LogP contribution in [0.2, 0.25) is 0 Å². The van der Waals surface area contributed by atoms with Crippen molar-refractivity contribution in [3.05, 3.63) is 53.9 Å². The largest absolute Gasteiger partial charge is 0.496 e. The molecular formula is C21H22N4O3. The van der Waals surface area contributed by atoms with Crippen LogP contribution in [0.15, 0.2) is 47.0 Å². The summed E-state index contributed by atoms with van der Waals surface area (Å²) in [5, 5.41) is 7.34. The lowest BCUT2D eigenvalue weighted by atomic mass is 10.1. The number of rotatable bonds is 6. The molecule has 0 bridgehead atoms. The summed E-state index contributed by atoms with van der Waals surface area (Å²) in [5.41, 5.74) is 3.75. The summed E-state index contributed by atoms with van der Waals surface area (Å²) >= 11 is 0. The third kappa shape index (κ3) is 3.55. The van der Waals surface area contributed by atoms with Crippen LogP contribution in [0.3, 0.4) is 0 Å². The number of anilines is 2. The van der Waals surface area contributed by atoms with Crippen molar-refractivity contribution in [2.24, 2.45) is 0 Å². The van der Waals surface area contributed by atoms with Crippen LogP contribution in [0.4, 0.5) is 11.4 Å². The molecule has 0 atom stereocenters. The molecule has 3 aromatic rings. The zero-order valence-electron chi connectivity index (χ0n) is 15.9. The van der Waals surface area contributed by atoms with Gasteiger partial charge in [0, 0.05) is 24.3 Å². The number of hydrogen-bond acceptors (Lipinski definition) is 6. The van der Waals surface area contributed by atoms with E-state index in [1.807, 2.05) is 54.3 Å². The molecule has 1 N–H and O–H groups in total. The van der Waals surface area contributed by atoms with E-state index in [9.17, 15) is 4.79 Å². The summed E-state index contributed by atoms with van der Waals surface area (Å²) < 4.78 is 10.7. The zero-order valence-corrected chi connectivity index (χ0v) is 15.9. The number of benzene rings is 2. The highest BCUT2D eigenvalue weighted by molar-refractivity contribution is 5.96. The Bertz CT molecular complexity index is 999. The van der Waals surface area contributed by atoms with Crippen molar-refractivity contribution in [2.45, 2.75) is 26.3 Å². The molecular weight excluding hydrogens is 356 g/mol. The number of para-hydroxylation sites is 1. The monoisotopic (exact) mass is 378 g/mol. The molecule has 2 aromatic carbocycles. The van der Waals surface area contributed by atoms with Crippen molar-refractivity contribution in [3.63, 3.8) is 0 Å².